The van der Waals surface area contributed by atoms with Crippen molar-refractivity contribution in [2.75, 3.05) is 0 Å². The molecule has 0 aromatic heterocycles. The molecule has 1 aromatic rings. The average Bonchev–Trinajstić information content (AvgIpc) is 3.76. The van der Waals surface area contributed by atoms with E-state index in [0.29, 0.717) is 12.8 Å². The maximum absolute atomic E-state index is 14.4. The number of carbonyl (C=O) groups is 3. The first-order chi connectivity index (χ1) is 17.6. The molecule has 1 aromatic carbocycles. The van der Waals surface area contributed by atoms with Gasteiger partial charge in [0.2, 0.25) is 5.91 Å². The third-order valence-corrected chi connectivity index (χ3v) is 10.1. The number of carbonyl (C=O) groups excluding carboxylic acids is 3. The summed E-state index contributed by atoms with van der Waals surface area (Å²) in [5, 5.41) is 3.35. The van der Waals surface area contributed by atoms with Crippen molar-refractivity contribution in [1.29, 1.82) is 0 Å². The van der Waals surface area contributed by atoms with Crippen LogP contribution in [0.2, 0.25) is 0 Å². The number of rotatable bonds is 3. The minimum atomic E-state index is -1.06. The van der Waals surface area contributed by atoms with E-state index in [1.807, 2.05) is 38.1 Å². The molecular weight excluding hydrogens is 470 g/mol. The van der Waals surface area contributed by atoms with Gasteiger partial charge < -0.3 is 19.5 Å². The van der Waals surface area contributed by atoms with Gasteiger partial charge in [-0.15, -0.1) is 0 Å². The van der Waals surface area contributed by atoms with Crippen molar-refractivity contribution >= 4 is 17.7 Å². The third kappa shape index (κ3) is 3.57. The van der Waals surface area contributed by atoms with Gasteiger partial charge in [0.15, 0.2) is 0 Å². The summed E-state index contributed by atoms with van der Waals surface area (Å²) in [4.78, 5) is 40.1. The van der Waals surface area contributed by atoms with E-state index in [1.165, 1.54) is 6.92 Å². The lowest BCUT2D eigenvalue weighted by Crippen LogP contribution is -2.62. The first-order valence-corrected chi connectivity index (χ1v) is 13.7. The second-order valence-corrected chi connectivity index (χ2v) is 12.1. The Balaban J connectivity index is 1.51. The highest BCUT2D eigenvalue weighted by atomic mass is 16.6. The van der Waals surface area contributed by atoms with Crippen LogP contribution in [0, 0.1) is 35.0 Å². The molecule has 7 nitrogen and oxygen atoms in total. The van der Waals surface area contributed by atoms with Gasteiger partial charge in [-0.2, -0.15) is 0 Å². The number of hydrogen-bond acceptors (Lipinski definition) is 6. The van der Waals surface area contributed by atoms with Gasteiger partial charge in [-0.05, 0) is 31.2 Å². The van der Waals surface area contributed by atoms with Crippen LogP contribution >= 0.6 is 0 Å². The monoisotopic (exact) mass is 507 g/mol. The second kappa shape index (κ2) is 8.50. The quantitative estimate of drug-likeness (QED) is 0.383. The van der Waals surface area contributed by atoms with Gasteiger partial charge in [0.1, 0.15) is 23.4 Å². The highest BCUT2D eigenvalue weighted by Gasteiger charge is 2.80. The van der Waals surface area contributed by atoms with E-state index in [0.717, 1.165) is 5.56 Å². The highest BCUT2D eigenvalue weighted by Crippen LogP contribution is 2.68. The maximum atomic E-state index is 14.4. The van der Waals surface area contributed by atoms with Gasteiger partial charge >= 0.3 is 5.97 Å². The predicted octanol–water partition coefficient (Wildman–Crippen LogP) is 3.25. The summed E-state index contributed by atoms with van der Waals surface area (Å²) in [7, 11) is 0. The molecule has 0 radical (unpaired) electrons. The van der Waals surface area contributed by atoms with Crippen molar-refractivity contribution in [2.45, 2.75) is 83.5 Å². The van der Waals surface area contributed by atoms with E-state index in [1.54, 1.807) is 0 Å². The van der Waals surface area contributed by atoms with Crippen LogP contribution in [0.5, 0.6) is 0 Å². The molecule has 6 rings (SSSR count). The van der Waals surface area contributed by atoms with Crippen LogP contribution in [0.3, 0.4) is 0 Å². The Morgan fingerprint density at radius 2 is 1.86 bits per heavy atom. The lowest BCUT2D eigenvalue weighted by atomic mass is 9.50. The SMILES string of the molecule is CC(=O)O[C@@H]1[C@@H]2OC2[C@H](C)C(=O)[C@@H](C)C/C=C\[C@H]2[C@@H]3O[C@]3(C)C(C)[C@@H]3[C@H](Cc4ccccc4)NC(=O)[C@]132. The lowest BCUT2D eigenvalue weighted by Gasteiger charge is -2.49. The Bertz CT molecular complexity index is 1150. The molecule has 198 valence electrons. The number of fused-ring (bicyclic) bond motifs is 3. The van der Waals surface area contributed by atoms with Crippen LogP contribution < -0.4 is 5.32 Å². The number of allylic oxidation sites excluding steroid dienone is 1. The summed E-state index contributed by atoms with van der Waals surface area (Å²) < 4.78 is 18.7. The molecule has 3 heterocycles. The zero-order valence-electron chi connectivity index (χ0n) is 22.2. The number of ketones is 1. The summed E-state index contributed by atoms with van der Waals surface area (Å²) >= 11 is 0. The largest absolute Gasteiger partial charge is 0.458 e. The molecule has 3 aliphatic heterocycles. The maximum Gasteiger partial charge on any atom is 0.303 e. The molecule has 2 aliphatic carbocycles. The molecule has 1 spiro atoms. The Labute approximate surface area is 218 Å². The van der Waals surface area contributed by atoms with Gasteiger partial charge in [-0.1, -0.05) is 63.3 Å². The van der Waals surface area contributed by atoms with Crippen molar-refractivity contribution in [3.05, 3.63) is 48.0 Å². The van der Waals surface area contributed by atoms with Crippen molar-refractivity contribution in [1.82, 2.24) is 5.32 Å². The van der Waals surface area contributed by atoms with Crippen LogP contribution in [0.15, 0.2) is 42.5 Å². The van der Waals surface area contributed by atoms with Crippen LogP contribution in [0.1, 0.15) is 46.6 Å². The number of benzene rings is 1. The van der Waals surface area contributed by atoms with Gasteiger partial charge in [-0.3, -0.25) is 14.4 Å². The summed E-state index contributed by atoms with van der Waals surface area (Å²) in [5.74, 6) is -1.35. The first-order valence-electron chi connectivity index (χ1n) is 13.7. The fraction of sp³-hybridized carbons (Fsp3) is 0.633. The Morgan fingerprint density at radius 1 is 1.14 bits per heavy atom. The van der Waals surface area contributed by atoms with E-state index in [9.17, 15) is 14.4 Å². The normalized spacial score (nSPS) is 48.8. The Hall–Kier alpha value is -2.51. The van der Waals surface area contributed by atoms with Crippen LogP contribution in [0.4, 0.5) is 0 Å². The summed E-state index contributed by atoms with van der Waals surface area (Å²) in [6.45, 7) is 9.52. The van der Waals surface area contributed by atoms with Gasteiger partial charge in [0.25, 0.3) is 0 Å². The molecule has 4 fully saturated rings. The number of Topliss-reactive ketones (excluding diaryl/α,β-unsaturated/α-hetero) is 1. The van der Waals surface area contributed by atoms with E-state index < -0.39 is 23.6 Å². The fourth-order valence-corrected chi connectivity index (χ4v) is 8.01. The number of esters is 1. The number of ether oxygens (including phenoxy) is 3. The summed E-state index contributed by atoms with van der Waals surface area (Å²) in [6, 6.07) is 10.0. The number of nitrogens with one attached hydrogen (secondary N) is 1. The molecule has 5 aliphatic rings. The molecule has 1 saturated carbocycles. The molecular formula is C30H37NO6. The first kappa shape index (κ1) is 24.8. The highest BCUT2D eigenvalue weighted by molar-refractivity contribution is 5.89. The van der Waals surface area contributed by atoms with E-state index in [4.69, 9.17) is 14.2 Å². The molecule has 1 amide bonds. The summed E-state index contributed by atoms with van der Waals surface area (Å²) in [5.41, 5.74) is -0.288. The average molecular weight is 508 g/mol. The number of hydrogen-bond donors (Lipinski definition) is 1. The Morgan fingerprint density at radius 3 is 2.57 bits per heavy atom. The zero-order valence-corrected chi connectivity index (χ0v) is 22.2. The van der Waals surface area contributed by atoms with Crippen LogP contribution in [-0.4, -0.2) is 53.7 Å². The van der Waals surface area contributed by atoms with E-state index >= 15 is 0 Å². The van der Waals surface area contributed by atoms with E-state index in [-0.39, 0.29) is 65.1 Å². The molecule has 7 heteroatoms. The second-order valence-electron chi connectivity index (χ2n) is 12.1. The number of amides is 1. The van der Waals surface area contributed by atoms with Crippen LogP contribution in [-0.2, 0) is 35.0 Å². The predicted molar refractivity (Wildman–Crippen MR) is 135 cm³/mol. The van der Waals surface area contributed by atoms with Crippen molar-refractivity contribution in [2.24, 2.45) is 35.0 Å². The van der Waals surface area contributed by atoms with Gasteiger partial charge in [0.05, 0.1) is 17.8 Å². The minimum Gasteiger partial charge on any atom is -0.458 e. The standard InChI is InChI=1S/C30H37NO6/c1-15-10-9-13-20-26-29(5,37-26)17(3)22-21(14-19-11-7-6-8-12-19)31-28(34)30(20,22)27(35-18(4)32)25-24(36-25)16(2)23(15)33/h6-9,11-13,15-17,20-22,24-27H,10,14H2,1-5H3,(H,31,34)/b13-9-/t15-,16+,17?,20-,21-,22+,24?,25+,26-,27+,29+,30-/m0/s1. The molecule has 1 N–H and O–H groups in total. The fourth-order valence-electron chi connectivity index (χ4n) is 8.01. The molecule has 2 unspecified atom stereocenters. The zero-order chi connectivity index (χ0) is 26.3. The van der Waals surface area contributed by atoms with Crippen molar-refractivity contribution in [3.63, 3.8) is 0 Å². The third-order valence-electron chi connectivity index (χ3n) is 10.1. The van der Waals surface area contributed by atoms with E-state index in [2.05, 4.69) is 37.4 Å². The molecule has 37 heavy (non-hydrogen) atoms. The number of epoxide rings is 2. The summed E-state index contributed by atoms with van der Waals surface area (Å²) in [6.07, 6.45) is 3.51. The van der Waals surface area contributed by atoms with Gasteiger partial charge in [0, 0.05) is 36.6 Å². The lowest BCUT2D eigenvalue weighted by molar-refractivity contribution is -0.171. The van der Waals surface area contributed by atoms with Crippen molar-refractivity contribution < 1.29 is 28.6 Å². The van der Waals surface area contributed by atoms with Crippen molar-refractivity contribution in [3.8, 4) is 0 Å². The van der Waals surface area contributed by atoms with Crippen LogP contribution in [0.25, 0.3) is 0 Å². The molecule has 3 saturated heterocycles. The Kier molecular flexibility index (Phi) is 5.70. The smallest absolute Gasteiger partial charge is 0.303 e. The topological polar surface area (TPSA) is 97.5 Å². The van der Waals surface area contributed by atoms with Gasteiger partial charge in [-0.25, -0.2) is 0 Å². The molecule has 0 bridgehead atoms. The molecule has 12 atom stereocenters. The minimum absolute atomic E-state index is 0.0353.